The van der Waals surface area contributed by atoms with Gasteiger partial charge in [0.25, 0.3) is 11.8 Å². The number of nitrogens with one attached hydrogen (secondary N) is 1. The van der Waals surface area contributed by atoms with Gasteiger partial charge in [-0.05, 0) is 84.4 Å². The van der Waals surface area contributed by atoms with E-state index in [0.717, 1.165) is 81.5 Å². The van der Waals surface area contributed by atoms with E-state index >= 15 is 0 Å². The zero-order valence-electron chi connectivity index (χ0n) is 21.5. The molecule has 0 spiro atoms. The topological polar surface area (TPSA) is 61.9 Å². The van der Waals surface area contributed by atoms with Crippen molar-refractivity contribution >= 4 is 35.6 Å². The molecule has 3 aliphatic rings. The molecule has 1 atom stereocenters. The molecular formula is C30H36ClN3O3. The van der Waals surface area contributed by atoms with Crippen LogP contribution in [0, 0.1) is 18.8 Å². The third kappa shape index (κ3) is 6.43. The lowest BCUT2D eigenvalue weighted by Crippen LogP contribution is -2.41. The van der Waals surface area contributed by atoms with E-state index in [2.05, 4.69) is 34.5 Å². The van der Waals surface area contributed by atoms with Crippen LogP contribution in [0.25, 0.3) is 12.2 Å². The number of nitrogens with zero attached hydrogens (tertiary/aromatic N) is 2. The van der Waals surface area contributed by atoms with Crippen LogP contribution in [0.3, 0.4) is 0 Å². The third-order valence-corrected chi connectivity index (χ3v) is 8.13. The van der Waals surface area contributed by atoms with Crippen LogP contribution >= 0.6 is 11.6 Å². The number of hydrogen-bond donors (Lipinski definition) is 1. The number of hydrogen-bond acceptors (Lipinski definition) is 4. The molecule has 0 saturated carbocycles. The molecule has 2 fully saturated rings. The Bertz CT molecular complexity index is 1250. The predicted octanol–water partition coefficient (Wildman–Crippen LogP) is 2.84. The molecule has 0 aromatic heterocycles. The average Bonchev–Trinajstić information content (AvgIpc) is 3.30. The molecule has 5 rings (SSSR count). The first-order chi connectivity index (χ1) is 18.0. The van der Waals surface area contributed by atoms with Gasteiger partial charge in [0.05, 0.1) is 13.2 Å². The Balaban J connectivity index is 1.14. The monoisotopic (exact) mass is 521 g/mol. The molecule has 7 heteroatoms. The van der Waals surface area contributed by atoms with Gasteiger partial charge in [0.15, 0.2) is 0 Å². The maximum Gasteiger partial charge on any atom is 0.253 e. The van der Waals surface area contributed by atoms with Gasteiger partial charge in [-0.3, -0.25) is 14.5 Å². The van der Waals surface area contributed by atoms with Crippen molar-refractivity contribution in [2.24, 2.45) is 11.8 Å². The Kier molecular flexibility index (Phi) is 8.28. The number of likely N-dealkylation sites (tertiary alicyclic amines) is 1. The lowest BCUT2D eigenvalue weighted by atomic mass is 9.87. The summed E-state index contributed by atoms with van der Waals surface area (Å²) in [5.41, 5.74) is 2.48. The van der Waals surface area contributed by atoms with Gasteiger partial charge in [-0.15, -0.1) is 0 Å². The van der Waals surface area contributed by atoms with Gasteiger partial charge in [-0.1, -0.05) is 29.8 Å². The molecule has 2 saturated heterocycles. The summed E-state index contributed by atoms with van der Waals surface area (Å²) < 4.78 is 5.39. The second-order valence-electron chi connectivity index (χ2n) is 10.5. The van der Waals surface area contributed by atoms with Crippen molar-refractivity contribution < 1.29 is 14.3 Å². The van der Waals surface area contributed by atoms with E-state index in [1.54, 1.807) is 24.3 Å². The fourth-order valence-electron chi connectivity index (χ4n) is 5.71. The summed E-state index contributed by atoms with van der Waals surface area (Å²) in [4.78, 5) is 30.0. The number of ether oxygens (including phenoxy) is 1. The maximum atomic E-state index is 12.9. The largest absolute Gasteiger partial charge is 0.379 e. The molecule has 6 nitrogen and oxygen atoms in total. The highest BCUT2D eigenvalue weighted by Gasteiger charge is 2.25. The molecule has 196 valence electrons. The summed E-state index contributed by atoms with van der Waals surface area (Å²) in [6.07, 6.45) is 7.77. The van der Waals surface area contributed by atoms with Crippen molar-refractivity contribution in [3.8, 4) is 0 Å². The molecular weight excluding hydrogens is 486 g/mol. The third-order valence-electron chi connectivity index (χ3n) is 7.88. The summed E-state index contributed by atoms with van der Waals surface area (Å²) in [6.45, 7) is 8.50. The first kappa shape index (κ1) is 26.0. The van der Waals surface area contributed by atoms with E-state index in [1.807, 2.05) is 11.8 Å². The molecule has 2 aromatic carbocycles. The summed E-state index contributed by atoms with van der Waals surface area (Å²) >= 11 is 5.96. The zero-order chi connectivity index (χ0) is 25.8. The van der Waals surface area contributed by atoms with Gasteiger partial charge in [0, 0.05) is 55.4 Å². The van der Waals surface area contributed by atoms with E-state index in [0.29, 0.717) is 29.0 Å². The molecule has 0 bridgehead atoms. The first-order valence-electron chi connectivity index (χ1n) is 13.4. The Morgan fingerprint density at radius 2 is 1.68 bits per heavy atom. The average molecular weight is 522 g/mol. The van der Waals surface area contributed by atoms with Crippen molar-refractivity contribution in [3.63, 3.8) is 0 Å². The molecule has 2 amide bonds. The molecule has 2 aliphatic heterocycles. The van der Waals surface area contributed by atoms with Gasteiger partial charge in [-0.2, -0.15) is 0 Å². The minimum absolute atomic E-state index is 0.00290. The number of benzene rings is 2. The normalized spacial score (nSPS) is 20.2. The van der Waals surface area contributed by atoms with Crippen LogP contribution in [0.5, 0.6) is 0 Å². The lowest BCUT2D eigenvalue weighted by molar-refractivity contribution is 0.0383. The predicted molar refractivity (Wildman–Crippen MR) is 147 cm³/mol. The van der Waals surface area contributed by atoms with E-state index in [-0.39, 0.29) is 11.8 Å². The summed E-state index contributed by atoms with van der Waals surface area (Å²) in [6, 6.07) is 11.4. The van der Waals surface area contributed by atoms with Crippen molar-refractivity contribution in [1.82, 2.24) is 15.1 Å². The van der Waals surface area contributed by atoms with Gasteiger partial charge in [-0.25, -0.2) is 0 Å². The van der Waals surface area contributed by atoms with Gasteiger partial charge in [0.2, 0.25) is 0 Å². The van der Waals surface area contributed by atoms with Crippen LogP contribution in [0.2, 0.25) is 5.02 Å². The van der Waals surface area contributed by atoms with Gasteiger partial charge < -0.3 is 15.0 Å². The van der Waals surface area contributed by atoms with Crippen LogP contribution in [-0.2, 0) is 4.74 Å². The minimum Gasteiger partial charge on any atom is -0.379 e. The number of aryl methyl sites for hydroxylation is 1. The van der Waals surface area contributed by atoms with Gasteiger partial charge in [0.1, 0.15) is 0 Å². The van der Waals surface area contributed by atoms with E-state index in [4.69, 9.17) is 16.3 Å². The maximum absolute atomic E-state index is 12.9. The molecule has 37 heavy (non-hydrogen) atoms. The molecule has 2 heterocycles. The quantitative estimate of drug-likeness (QED) is 0.608. The standard InChI is InChI=1S/C30H36ClN3O3/c1-21-16-25-18-23(17-22-6-9-34(10-7-22)30(36)24-2-4-27(31)5-3-24)19-26(25)20-28(21)29(35)32-8-11-33-12-14-37-15-13-33/h2-5,16,18-20,22-23H,6-15,17H2,1H3,(H,32,35). The molecule has 1 N–H and O–H groups in total. The van der Waals surface area contributed by atoms with Crippen LogP contribution in [0.1, 0.15) is 45.5 Å². The van der Waals surface area contributed by atoms with E-state index in [9.17, 15) is 9.59 Å². The summed E-state index contributed by atoms with van der Waals surface area (Å²) in [5, 5.41) is 6.13. The number of morpholine rings is 1. The van der Waals surface area contributed by atoms with E-state index < -0.39 is 0 Å². The van der Waals surface area contributed by atoms with Crippen LogP contribution in [0.15, 0.2) is 36.4 Å². The van der Waals surface area contributed by atoms with Crippen LogP contribution < -0.4 is 15.8 Å². The van der Waals surface area contributed by atoms with Crippen molar-refractivity contribution in [1.29, 1.82) is 0 Å². The van der Waals surface area contributed by atoms with Gasteiger partial charge >= 0.3 is 0 Å². The first-order valence-corrected chi connectivity index (χ1v) is 13.8. The molecule has 0 radical (unpaired) electrons. The number of fused-ring (bicyclic) bond motifs is 1. The molecule has 1 aliphatic carbocycles. The number of carbonyl (C=O) groups excluding carboxylic acids is 2. The fraction of sp³-hybridized carbons (Fsp3) is 0.467. The Morgan fingerprint density at radius 1 is 1.00 bits per heavy atom. The Hall–Kier alpha value is -2.67. The SMILES string of the molecule is Cc1cc2c(cc1C(=O)NCCN1CCOCC1)=CC(CC1CCN(C(=O)c3ccc(Cl)cc3)CC1)C=2. The molecule has 1 unspecified atom stereocenters. The highest BCUT2D eigenvalue weighted by Crippen LogP contribution is 2.27. The van der Waals surface area contributed by atoms with Crippen LogP contribution in [0.4, 0.5) is 0 Å². The number of halogens is 1. The summed E-state index contributed by atoms with van der Waals surface area (Å²) in [5.74, 6) is 1.05. The number of amides is 2. The molecule has 2 aromatic rings. The smallest absolute Gasteiger partial charge is 0.253 e. The van der Waals surface area contributed by atoms with Crippen molar-refractivity contribution in [2.45, 2.75) is 26.2 Å². The Labute approximate surface area is 223 Å². The second kappa shape index (κ2) is 11.8. The van der Waals surface area contributed by atoms with Crippen molar-refractivity contribution in [3.05, 3.63) is 68.5 Å². The van der Waals surface area contributed by atoms with E-state index in [1.165, 1.54) is 5.22 Å². The Morgan fingerprint density at radius 3 is 2.38 bits per heavy atom. The lowest BCUT2D eigenvalue weighted by Gasteiger charge is -2.32. The number of carbonyl (C=O) groups is 2. The van der Waals surface area contributed by atoms with Crippen molar-refractivity contribution in [2.75, 3.05) is 52.5 Å². The zero-order valence-corrected chi connectivity index (χ0v) is 22.3. The fourth-order valence-corrected chi connectivity index (χ4v) is 5.83. The minimum atomic E-state index is 0.00290. The second-order valence-corrected chi connectivity index (χ2v) is 10.9. The highest BCUT2D eigenvalue weighted by molar-refractivity contribution is 6.30. The van der Waals surface area contributed by atoms with Crippen LogP contribution in [-0.4, -0.2) is 74.1 Å². The number of rotatable bonds is 7. The highest BCUT2D eigenvalue weighted by atomic mass is 35.5. The number of piperidine rings is 1. The summed E-state index contributed by atoms with van der Waals surface area (Å²) in [7, 11) is 0.